The molecule has 2 aliphatic carbocycles. The number of ketones is 1. The molecule has 0 bridgehead atoms. The highest BCUT2D eigenvalue weighted by molar-refractivity contribution is 5.96. The molecule has 2 aliphatic rings. The van der Waals surface area contributed by atoms with E-state index in [9.17, 15) is 4.79 Å². The molecule has 2 heteroatoms. The lowest BCUT2D eigenvalue weighted by Gasteiger charge is -2.08. The summed E-state index contributed by atoms with van der Waals surface area (Å²) >= 11 is 0. The zero-order chi connectivity index (χ0) is 10.4. The zero-order valence-electron chi connectivity index (χ0n) is 8.88. The molecule has 0 saturated carbocycles. The second-order valence-electron chi connectivity index (χ2n) is 4.58. The molecule has 0 saturated heterocycles. The van der Waals surface area contributed by atoms with Gasteiger partial charge in [0.1, 0.15) is 0 Å². The van der Waals surface area contributed by atoms with Crippen LogP contribution in [0.4, 0.5) is 0 Å². The fourth-order valence-corrected chi connectivity index (χ4v) is 2.71. The van der Waals surface area contributed by atoms with Gasteiger partial charge in [-0.2, -0.15) is 0 Å². The van der Waals surface area contributed by atoms with E-state index in [-0.39, 0.29) is 5.78 Å². The Kier molecular flexibility index (Phi) is 1.84. The summed E-state index contributed by atoms with van der Waals surface area (Å²) in [6.45, 7) is 2.02. The van der Waals surface area contributed by atoms with Gasteiger partial charge >= 0.3 is 0 Å². The van der Waals surface area contributed by atoms with Crippen LogP contribution in [0.25, 0.3) is 0 Å². The van der Waals surface area contributed by atoms with Crippen molar-refractivity contribution in [2.75, 3.05) is 0 Å². The SMILES string of the molecule is Cc1coc2c1CC1=CCCC1CC2=O. The Bertz CT molecular complexity index is 451. The quantitative estimate of drug-likeness (QED) is 0.605. The molecule has 1 atom stereocenters. The molecule has 2 nitrogen and oxygen atoms in total. The maximum atomic E-state index is 11.9. The number of furan rings is 1. The van der Waals surface area contributed by atoms with Crippen LogP contribution in [0.3, 0.4) is 0 Å². The van der Waals surface area contributed by atoms with Gasteiger partial charge in [-0.3, -0.25) is 4.79 Å². The van der Waals surface area contributed by atoms with Crippen LogP contribution in [0.15, 0.2) is 22.3 Å². The molecule has 1 heterocycles. The predicted molar refractivity (Wildman–Crippen MR) is 56.9 cm³/mol. The van der Waals surface area contributed by atoms with Crippen LogP contribution < -0.4 is 0 Å². The Hall–Kier alpha value is -1.31. The number of Topliss-reactive ketones (excluding diaryl/α,β-unsaturated/α-hetero) is 1. The first kappa shape index (κ1) is 8.96. The zero-order valence-corrected chi connectivity index (χ0v) is 8.88. The largest absolute Gasteiger partial charge is 0.461 e. The average Bonchev–Trinajstić information content (AvgIpc) is 2.74. The highest BCUT2D eigenvalue weighted by Crippen LogP contribution is 2.37. The fourth-order valence-electron chi connectivity index (χ4n) is 2.71. The lowest BCUT2D eigenvalue weighted by molar-refractivity contribution is 0.0942. The number of carbonyl (C=O) groups is 1. The van der Waals surface area contributed by atoms with Crippen LogP contribution in [0.2, 0.25) is 0 Å². The molecule has 0 amide bonds. The summed E-state index contributed by atoms with van der Waals surface area (Å²) in [7, 11) is 0. The number of hydrogen-bond acceptors (Lipinski definition) is 2. The van der Waals surface area contributed by atoms with E-state index in [0.29, 0.717) is 18.1 Å². The third-order valence-electron chi connectivity index (χ3n) is 3.62. The van der Waals surface area contributed by atoms with E-state index in [0.717, 1.165) is 30.4 Å². The monoisotopic (exact) mass is 202 g/mol. The number of rotatable bonds is 0. The third kappa shape index (κ3) is 1.28. The first-order valence-corrected chi connectivity index (χ1v) is 5.55. The minimum absolute atomic E-state index is 0.188. The summed E-state index contributed by atoms with van der Waals surface area (Å²) in [5.74, 6) is 1.29. The first-order valence-electron chi connectivity index (χ1n) is 5.55. The Morgan fingerprint density at radius 1 is 1.47 bits per heavy atom. The molecule has 1 aromatic rings. The van der Waals surface area contributed by atoms with E-state index in [1.807, 2.05) is 6.92 Å². The molecule has 15 heavy (non-hydrogen) atoms. The van der Waals surface area contributed by atoms with Gasteiger partial charge in [0.05, 0.1) is 6.26 Å². The number of aryl methyl sites for hydroxylation is 1. The van der Waals surface area contributed by atoms with Crippen molar-refractivity contribution in [2.45, 2.75) is 32.6 Å². The maximum absolute atomic E-state index is 11.9. The second kappa shape index (κ2) is 3.09. The van der Waals surface area contributed by atoms with Gasteiger partial charge in [-0.05, 0) is 37.7 Å². The van der Waals surface area contributed by atoms with E-state index in [2.05, 4.69) is 6.08 Å². The van der Waals surface area contributed by atoms with E-state index >= 15 is 0 Å². The molecule has 1 unspecified atom stereocenters. The van der Waals surface area contributed by atoms with Crippen LogP contribution in [0.1, 0.15) is 40.9 Å². The molecule has 0 spiro atoms. The van der Waals surface area contributed by atoms with Crippen LogP contribution >= 0.6 is 0 Å². The molecule has 0 radical (unpaired) electrons. The van der Waals surface area contributed by atoms with Gasteiger partial charge in [-0.25, -0.2) is 0 Å². The van der Waals surface area contributed by atoms with Gasteiger partial charge in [0, 0.05) is 12.0 Å². The van der Waals surface area contributed by atoms with E-state index < -0.39 is 0 Å². The second-order valence-corrected chi connectivity index (χ2v) is 4.58. The molecule has 3 rings (SSSR count). The maximum Gasteiger partial charge on any atom is 0.198 e. The minimum Gasteiger partial charge on any atom is -0.461 e. The molecular weight excluding hydrogens is 188 g/mol. The van der Waals surface area contributed by atoms with Crippen molar-refractivity contribution >= 4 is 5.78 Å². The van der Waals surface area contributed by atoms with Gasteiger partial charge < -0.3 is 4.42 Å². The minimum atomic E-state index is 0.188. The molecule has 0 aliphatic heterocycles. The van der Waals surface area contributed by atoms with Crippen molar-refractivity contribution in [3.05, 3.63) is 34.8 Å². The van der Waals surface area contributed by atoms with Gasteiger partial charge in [-0.15, -0.1) is 0 Å². The van der Waals surface area contributed by atoms with Gasteiger partial charge in [-0.1, -0.05) is 11.6 Å². The molecule has 78 valence electrons. The molecular formula is C13H14O2. The van der Waals surface area contributed by atoms with Gasteiger partial charge in [0.25, 0.3) is 0 Å². The number of hydrogen-bond donors (Lipinski definition) is 0. The van der Waals surface area contributed by atoms with Crippen LogP contribution in [0.5, 0.6) is 0 Å². The van der Waals surface area contributed by atoms with Crippen molar-refractivity contribution < 1.29 is 9.21 Å². The van der Waals surface area contributed by atoms with Gasteiger partial charge in [0.15, 0.2) is 11.5 Å². The summed E-state index contributed by atoms with van der Waals surface area (Å²) in [4.78, 5) is 11.9. The average molecular weight is 202 g/mol. The fraction of sp³-hybridized carbons (Fsp3) is 0.462. The molecule has 0 N–H and O–H groups in total. The highest BCUT2D eigenvalue weighted by Gasteiger charge is 2.31. The standard InChI is InChI=1S/C13H14O2/c1-8-7-15-13-11(8)5-9-3-2-4-10(9)6-12(13)14/h3,7,10H,2,4-6H2,1H3. The summed E-state index contributed by atoms with van der Waals surface area (Å²) in [6, 6.07) is 0. The number of carbonyl (C=O) groups excluding carboxylic acids is 1. The lowest BCUT2D eigenvalue weighted by Crippen LogP contribution is -2.04. The number of fused-ring (bicyclic) bond motifs is 2. The first-order chi connectivity index (χ1) is 7.25. The highest BCUT2D eigenvalue weighted by atomic mass is 16.3. The van der Waals surface area contributed by atoms with Crippen LogP contribution in [0, 0.1) is 12.8 Å². The molecule has 0 fully saturated rings. The Morgan fingerprint density at radius 2 is 2.33 bits per heavy atom. The molecule has 0 aromatic carbocycles. The molecule has 1 aromatic heterocycles. The van der Waals surface area contributed by atoms with Crippen molar-refractivity contribution in [1.82, 2.24) is 0 Å². The smallest absolute Gasteiger partial charge is 0.198 e. The third-order valence-corrected chi connectivity index (χ3v) is 3.62. The van der Waals surface area contributed by atoms with Gasteiger partial charge in [0.2, 0.25) is 0 Å². The summed E-state index contributed by atoms with van der Waals surface area (Å²) in [6.07, 6.45) is 7.86. The Labute approximate surface area is 89.0 Å². The van der Waals surface area contributed by atoms with E-state index in [4.69, 9.17) is 4.42 Å². The van der Waals surface area contributed by atoms with E-state index in [1.165, 1.54) is 5.57 Å². The lowest BCUT2D eigenvalue weighted by atomic mass is 9.95. The Balaban J connectivity index is 2.10. The predicted octanol–water partition coefficient (Wildman–Crippen LogP) is 3.05. The van der Waals surface area contributed by atoms with Crippen molar-refractivity contribution in [3.8, 4) is 0 Å². The van der Waals surface area contributed by atoms with Crippen molar-refractivity contribution in [1.29, 1.82) is 0 Å². The Morgan fingerprint density at radius 3 is 3.20 bits per heavy atom. The summed E-state index contributed by atoms with van der Waals surface area (Å²) in [5.41, 5.74) is 3.69. The summed E-state index contributed by atoms with van der Waals surface area (Å²) < 4.78 is 5.37. The van der Waals surface area contributed by atoms with Crippen LogP contribution in [-0.2, 0) is 6.42 Å². The van der Waals surface area contributed by atoms with Crippen molar-refractivity contribution in [3.63, 3.8) is 0 Å². The number of allylic oxidation sites excluding steroid dienone is 2. The van der Waals surface area contributed by atoms with E-state index in [1.54, 1.807) is 6.26 Å². The van der Waals surface area contributed by atoms with Crippen molar-refractivity contribution in [2.24, 2.45) is 5.92 Å². The topological polar surface area (TPSA) is 30.2 Å². The summed E-state index contributed by atoms with van der Waals surface area (Å²) in [5, 5.41) is 0. The normalized spacial score (nSPS) is 24.5. The van der Waals surface area contributed by atoms with Crippen LogP contribution in [-0.4, -0.2) is 5.78 Å².